The fourth-order valence-electron chi connectivity index (χ4n) is 3.04. The van der Waals surface area contributed by atoms with Gasteiger partial charge in [0, 0.05) is 24.7 Å². The molecule has 0 aromatic heterocycles. The zero-order valence-electron chi connectivity index (χ0n) is 11.1. The summed E-state index contributed by atoms with van der Waals surface area (Å²) in [4.78, 5) is 25.7. The lowest BCUT2D eigenvalue weighted by Crippen LogP contribution is -2.46. The number of benzene rings is 1. The lowest BCUT2D eigenvalue weighted by atomic mass is 9.97. The van der Waals surface area contributed by atoms with Gasteiger partial charge < -0.3 is 10.2 Å². The number of rotatable bonds is 1. The number of anilines is 1. The van der Waals surface area contributed by atoms with Gasteiger partial charge in [-0.3, -0.25) is 9.59 Å². The molecule has 0 spiro atoms. The van der Waals surface area contributed by atoms with Gasteiger partial charge in [0.15, 0.2) is 0 Å². The van der Waals surface area contributed by atoms with Gasteiger partial charge >= 0.3 is 0 Å². The van der Waals surface area contributed by atoms with Crippen LogP contribution < -0.4 is 10.2 Å². The Bertz CT molecular complexity index is 517. The highest BCUT2D eigenvalue weighted by Gasteiger charge is 2.35. The Morgan fingerprint density at radius 3 is 2.89 bits per heavy atom. The molecule has 0 saturated carbocycles. The molecule has 4 heteroatoms. The standard InChI is InChI=1S/C15H18N2O2/c1-10-8-11-4-2-3-5-13(11)17(10)15(19)12-6-7-14(18)16-9-12/h2-5,10,12H,6-9H2,1H3,(H,16,18). The zero-order chi connectivity index (χ0) is 13.4. The van der Waals surface area contributed by atoms with Crippen LogP contribution in [0.15, 0.2) is 24.3 Å². The van der Waals surface area contributed by atoms with Gasteiger partial charge in [-0.25, -0.2) is 0 Å². The topological polar surface area (TPSA) is 49.4 Å². The van der Waals surface area contributed by atoms with Crippen molar-refractivity contribution < 1.29 is 9.59 Å². The lowest BCUT2D eigenvalue weighted by molar-refractivity contribution is -0.127. The third-order valence-electron chi connectivity index (χ3n) is 4.06. The van der Waals surface area contributed by atoms with Crippen molar-refractivity contribution in [1.29, 1.82) is 0 Å². The molecule has 2 heterocycles. The Morgan fingerprint density at radius 2 is 2.16 bits per heavy atom. The molecule has 2 amide bonds. The average molecular weight is 258 g/mol. The molecule has 19 heavy (non-hydrogen) atoms. The second-order valence-electron chi connectivity index (χ2n) is 5.43. The first-order chi connectivity index (χ1) is 9.16. The van der Waals surface area contributed by atoms with Crippen molar-refractivity contribution in [2.45, 2.75) is 32.2 Å². The van der Waals surface area contributed by atoms with E-state index in [1.54, 1.807) is 0 Å². The van der Waals surface area contributed by atoms with Crippen LogP contribution in [0.5, 0.6) is 0 Å². The predicted molar refractivity (Wildman–Crippen MR) is 72.8 cm³/mol. The predicted octanol–water partition coefficient (Wildman–Crippen LogP) is 1.49. The minimum Gasteiger partial charge on any atom is -0.355 e. The maximum Gasteiger partial charge on any atom is 0.232 e. The van der Waals surface area contributed by atoms with E-state index in [9.17, 15) is 9.59 Å². The monoisotopic (exact) mass is 258 g/mol. The Labute approximate surface area is 112 Å². The number of hydrogen-bond acceptors (Lipinski definition) is 2. The summed E-state index contributed by atoms with van der Waals surface area (Å²) >= 11 is 0. The maximum atomic E-state index is 12.7. The second kappa shape index (κ2) is 4.68. The van der Waals surface area contributed by atoms with E-state index in [1.807, 2.05) is 23.1 Å². The average Bonchev–Trinajstić information content (AvgIpc) is 2.74. The first-order valence-corrected chi connectivity index (χ1v) is 6.84. The molecule has 2 aliphatic rings. The van der Waals surface area contributed by atoms with Crippen LogP contribution in [0.1, 0.15) is 25.3 Å². The molecule has 1 aromatic carbocycles. The van der Waals surface area contributed by atoms with Gasteiger partial charge in [0.25, 0.3) is 0 Å². The van der Waals surface area contributed by atoms with Gasteiger partial charge in [0.2, 0.25) is 11.8 Å². The molecular formula is C15H18N2O2. The number of para-hydroxylation sites is 1. The van der Waals surface area contributed by atoms with Gasteiger partial charge in [0.1, 0.15) is 0 Å². The quantitative estimate of drug-likeness (QED) is 0.829. The largest absolute Gasteiger partial charge is 0.355 e. The van der Waals surface area contributed by atoms with Crippen molar-refractivity contribution in [3.63, 3.8) is 0 Å². The molecule has 3 rings (SSSR count). The Balaban J connectivity index is 1.82. The number of nitrogens with zero attached hydrogens (tertiary/aromatic N) is 1. The molecule has 0 bridgehead atoms. The normalized spacial score (nSPS) is 25.9. The Kier molecular flexibility index (Phi) is 3.01. The summed E-state index contributed by atoms with van der Waals surface area (Å²) in [5.41, 5.74) is 2.28. The van der Waals surface area contributed by atoms with Crippen LogP contribution in [-0.2, 0) is 16.0 Å². The molecule has 2 aliphatic heterocycles. The van der Waals surface area contributed by atoms with Gasteiger partial charge in [-0.05, 0) is 31.4 Å². The van der Waals surface area contributed by atoms with Crippen molar-refractivity contribution in [3.05, 3.63) is 29.8 Å². The highest BCUT2D eigenvalue weighted by Crippen LogP contribution is 2.33. The lowest BCUT2D eigenvalue weighted by Gasteiger charge is -2.29. The minimum absolute atomic E-state index is 0.0546. The SMILES string of the molecule is CC1Cc2ccccc2N1C(=O)C1CCC(=O)NC1. The molecule has 100 valence electrons. The summed E-state index contributed by atoms with van der Waals surface area (Å²) < 4.78 is 0. The molecule has 0 aliphatic carbocycles. The molecular weight excluding hydrogens is 240 g/mol. The van der Waals surface area contributed by atoms with Crippen molar-refractivity contribution >= 4 is 17.5 Å². The van der Waals surface area contributed by atoms with Crippen LogP contribution in [-0.4, -0.2) is 24.4 Å². The van der Waals surface area contributed by atoms with Crippen LogP contribution in [0.25, 0.3) is 0 Å². The molecule has 1 N–H and O–H groups in total. The molecule has 1 aromatic rings. The van der Waals surface area contributed by atoms with Crippen LogP contribution >= 0.6 is 0 Å². The number of nitrogens with one attached hydrogen (secondary N) is 1. The minimum atomic E-state index is -0.0775. The highest BCUT2D eigenvalue weighted by molar-refractivity contribution is 5.98. The number of fused-ring (bicyclic) bond motifs is 1. The second-order valence-corrected chi connectivity index (χ2v) is 5.43. The Hall–Kier alpha value is -1.84. The number of hydrogen-bond donors (Lipinski definition) is 1. The summed E-state index contributed by atoms with van der Waals surface area (Å²) in [6.45, 7) is 2.56. The fourth-order valence-corrected chi connectivity index (χ4v) is 3.04. The number of carbonyl (C=O) groups is 2. The first kappa shape index (κ1) is 12.2. The number of amides is 2. The summed E-state index contributed by atoms with van der Waals surface area (Å²) in [6.07, 6.45) is 2.04. The van der Waals surface area contributed by atoms with E-state index in [-0.39, 0.29) is 23.8 Å². The summed E-state index contributed by atoms with van der Waals surface area (Å²) in [6, 6.07) is 8.29. The third-order valence-corrected chi connectivity index (χ3v) is 4.06. The molecule has 1 saturated heterocycles. The van der Waals surface area contributed by atoms with Gasteiger partial charge in [-0.2, -0.15) is 0 Å². The summed E-state index contributed by atoms with van der Waals surface area (Å²) in [5.74, 6) is 0.127. The van der Waals surface area contributed by atoms with Crippen LogP contribution in [0, 0.1) is 5.92 Å². The van der Waals surface area contributed by atoms with Crippen LogP contribution in [0.2, 0.25) is 0 Å². The third kappa shape index (κ3) is 2.11. The molecule has 2 unspecified atom stereocenters. The first-order valence-electron chi connectivity index (χ1n) is 6.84. The number of carbonyl (C=O) groups excluding carboxylic acids is 2. The Morgan fingerprint density at radius 1 is 1.37 bits per heavy atom. The van der Waals surface area contributed by atoms with Gasteiger partial charge in [-0.1, -0.05) is 18.2 Å². The fraction of sp³-hybridized carbons (Fsp3) is 0.467. The maximum absolute atomic E-state index is 12.7. The summed E-state index contributed by atoms with van der Waals surface area (Å²) in [5, 5.41) is 2.79. The van der Waals surface area contributed by atoms with Gasteiger partial charge in [0.05, 0.1) is 5.92 Å². The molecule has 4 nitrogen and oxygen atoms in total. The van der Waals surface area contributed by atoms with E-state index >= 15 is 0 Å². The molecule has 0 radical (unpaired) electrons. The molecule has 1 fully saturated rings. The smallest absolute Gasteiger partial charge is 0.232 e. The van der Waals surface area contributed by atoms with Crippen molar-refractivity contribution in [2.24, 2.45) is 5.92 Å². The van der Waals surface area contributed by atoms with Crippen molar-refractivity contribution in [1.82, 2.24) is 5.32 Å². The van der Waals surface area contributed by atoms with Crippen LogP contribution in [0.3, 0.4) is 0 Å². The van der Waals surface area contributed by atoms with E-state index in [0.29, 0.717) is 19.4 Å². The summed E-state index contributed by atoms with van der Waals surface area (Å²) in [7, 11) is 0. The van der Waals surface area contributed by atoms with E-state index in [2.05, 4.69) is 18.3 Å². The highest BCUT2D eigenvalue weighted by atomic mass is 16.2. The van der Waals surface area contributed by atoms with E-state index in [0.717, 1.165) is 12.1 Å². The van der Waals surface area contributed by atoms with E-state index in [1.165, 1.54) is 5.56 Å². The zero-order valence-corrected chi connectivity index (χ0v) is 11.1. The molecule has 2 atom stereocenters. The van der Waals surface area contributed by atoms with Gasteiger partial charge in [-0.15, -0.1) is 0 Å². The van der Waals surface area contributed by atoms with Crippen molar-refractivity contribution in [3.8, 4) is 0 Å². The van der Waals surface area contributed by atoms with Crippen molar-refractivity contribution in [2.75, 3.05) is 11.4 Å². The number of piperidine rings is 1. The van der Waals surface area contributed by atoms with E-state index in [4.69, 9.17) is 0 Å². The van der Waals surface area contributed by atoms with Crippen LogP contribution in [0.4, 0.5) is 5.69 Å². The van der Waals surface area contributed by atoms with E-state index < -0.39 is 0 Å².